The van der Waals surface area contributed by atoms with Gasteiger partial charge >= 0.3 is 0 Å². The Morgan fingerprint density at radius 1 is 1.30 bits per heavy atom. The van der Waals surface area contributed by atoms with Gasteiger partial charge in [-0.15, -0.1) is 11.3 Å². The topological polar surface area (TPSA) is 51.2 Å². The summed E-state index contributed by atoms with van der Waals surface area (Å²) in [5.41, 5.74) is 3.07. The quantitative estimate of drug-likeness (QED) is 0.940. The van der Waals surface area contributed by atoms with Gasteiger partial charge in [-0.3, -0.25) is 4.79 Å². The zero-order valence-corrected chi connectivity index (χ0v) is 12.7. The minimum Gasteiger partial charge on any atom is -0.487 e. The van der Waals surface area contributed by atoms with Gasteiger partial charge in [-0.05, 0) is 45.0 Å². The molecule has 0 fully saturated rings. The molecule has 0 bridgehead atoms. The second-order valence-electron chi connectivity index (χ2n) is 5.50. The third-order valence-electron chi connectivity index (χ3n) is 2.48. The van der Waals surface area contributed by atoms with Gasteiger partial charge in [-0.25, -0.2) is 4.98 Å². The molecule has 0 aliphatic carbocycles. The molecule has 0 unspecified atom stereocenters. The number of amides is 1. The maximum Gasteiger partial charge on any atom is 0.251 e. The van der Waals surface area contributed by atoms with E-state index in [1.807, 2.05) is 26.2 Å². The third-order valence-corrected chi connectivity index (χ3v) is 3.11. The zero-order valence-electron chi connectivity index (χ0n) is 11.8. The van der Waals surface area contributed by atoms with E-state index >= 15 is 0 Å². The average molecular weight is 290 g/mol. The number of benzene rings is 1. The lowest BCUT2D eigenvalue weighted by Crippen LogP contribution is -2.40. The number of thiazole rings is 1. The van der Waals surface area contributed by atoms with Crippen molar-refractivity contribution in [2.24, 2.45) is 0 Å². The first-order valence-corrected chi connectivity index (χ1v) is 7.31. The highest BCUT2D eigenvalue weighted by Gasteiger charge is 2.15. The Morgan fingerprint density at radius 3 is 2.55 bits per heavy atom. The summed E-state index contributed by atoms with van der Waals surface area (Å²) in [6.45, 7) is 6.31. The van der Waals surface area contributed by atoms with Crippen LogP contribution >= 0.6 is 11.3 Å². The normalized spacial score (nSPS) is 11.2. The van der Waals surface area contributed by atoms with E-state index in [0.29, 0.717) is 12.2 Å². The van der Waals surface area contributed by atoms with Gasteiger partial charge in [0.25, 0.3) is 5.91 Å². The number of hydrogen-bond acceptors (Lipinski definition) is 4. The molecule has 0 saturated heterocycles. The lowest BCUT2D eigenvalue weighted by molar-refractivity contribution is 0.0919. The number of ether oxygens (including phenoxy) is 1. The molecule has 1 heterocycles. The summed E-state index contributed by atoms with van der Waals surface area (Å²) < 4.78 is 5.60. The van der Waals surface area contributed by atoms with Crippen molar-refractivity contribution in [3.05, 3.63) is 46.4 Å². The van der Waals surface area contributed by atoms with Crippen LogP contribution in [0, 0.1) is 0 Å². The molecule has 5 heteroatoms. The molecule has 4 nitrogen and oxygen atoms in total. The van der Waals surface area contributed by atoms with Crippen molar-refractivity contribution in [1.82, 2.24) is 10.3 Å². The predicted molar refractivity (Wildman–Crippen MR) is 80.1 cm³/mol. The van der Waals surface area contributed by atoms with E-state index in [9.17, 15) is 4.79 Å². The number of rotatable bonds is 4. The maximum atomic E-state index is 12.0. The second-order valence-corrected chi connectivity index (χ2v) is 6.22. The molecule has 1 N–H and O–H groups in total. The largest absolute Gasteiger partial charge is 0.487 e. The first-order chi connectivity index (χ1) is 9.44. The molecule has 2 aromatic rings. The highest BCUT2D eigenvalue weighted by molar-refractivity contribution is 7.07. The van der Waals surface area contributed by atoms with Gasteiger partial charge in [0, 0.05) is 16.5 Å². The standard InChI is InChI=1S/C15H18N2O2S/c1-15(2,3)17-14(18)11-4-6-13(7-5-11)19-8-12-9-20-10-16-12/h4-7,9-10H,8H2,1-3H3,(H,17,18). The van der Waals surface area contributed by atoms with Crippen LogP contribution in [0.2, 0.25) is 0 Å². The van der Waals surface area contributed by atoms with Gasteiger partial charge in [0.1, 0.15) is 12.4 Å². The van der Waals surface area contributed by atoms with Crippen LogP contribution in [0.4, 0.5) is 0 Å². The second kappa shape index (κ2) is 6.05. The summed E-state index contributed by atoms with van der Waals surface area (Å²) >= 11 is 1.54. The average Bonchev–Trinajstić information content (AvgIpc) is 2.88. The Hall–Kier alpha value is -1.88. The fourth-order valence-electron chi connectivity index (χ4n) is 1.58. The summed E-state index contributed by atoms with van der Waals surface area (Å²) in [5.74, 6) is 0.647. The molecule has 0 radical (unpaired) electrons. The molecule has 0 saturated carbocycles. The minimum absolute atomic E-state index is 0.0800. The van der Waals surface area contributed by atoms with E-state index in [2.05, 4.69) is 10.3 Å². The van der Waals surface area contributed by atoms with Gasteiger partial charge in [-0.1, -0.05) is 0 Å². The molecule has 20 heavy (non-hydrogen) atoms. The molecule has 1 aromatic carbocycles. The Labute approximate surface area is 122 Å². The molecule has 1 amide bonds. The number of carbonyl (C=O) groups excluding carboxylic acids is 1. The van der Waals surface area contributed by atoms with Gasteiger partial charge in [0.05, 0.1) is 11.2 Å². The fraction of sp³-hybridized carbons (Fsp3) is 0.333. The first kappa shape index (κ1) is 14.5. The zero-order chi connectivity index (χ0) is 14.6. The Kier molecular flexibility index (Phi) is 4.39. The van der Waals surface area contributed by atoms with Gasteiger partial charge < -0.3 is 10.1 Å². The van der Waals surface area contributed by atoms with Crippen LogP contribution in [0.15, 0.2) is 35.2 Å². The lowest BCUT2D eigenvalue weighted by Gasteiger charge is -2.20. The first-order valence-electron chi connectivity index (χ1n) is 6.36. The van der Waals surface area contributed by atoms with Crippen LogP contribution in [0.1, 0.15) is 36.8 Å². The van der Waals surface area contributed by atoms with Crippen LogP contribution in [-0.4, -0.2) is 16.4 Å². The summed E-state index contributed by atoms with van der Waals surface area (Å²) in [5, 5.41) is 4.87. The highest BCUT2D eigenvalue weighted by Crippen LogP contribution is 2.15. The van der Waals surface area contributed by atoms with Crippen molar-refractivity contribution in [1.29, 1.82) is 0 Å². The molecule has 0 aliphatic rings. The smallest absolute Gasteiger partial charge is 0.251 e. The van der Waals surface area contributed by atoms with E-state index in [4.69, 9.17) is 4.74 Å². The van der Waals surface area contributed by atoms with Crippen molar-refractivity contribution in [3.8, 4) is 5.75 Å². The van der Waals surface area contributed by atoms with Crippen molar-refractivity contribution < 1.29 is 9.53 Å². The SMILES string of the molecule is CC(C)(C)NC(=O)c1ccc(OCc2cscn2)cc1. The Morgan fingerprint density at radius 2 is 2.00 bits per heavy atom. The summed E-state index contributed by atoms with van der Waals surface area (Å²) in [6.07, 6.45) is 0. The monoisotopic (exact) mass is 290 g/mol. The minimum atomic E-state index is -0.239. The molecule has 2 rings (SSSR count). The molecule has 0 spiro atoms. The van der Waals surface area contributed by atoms with Crippen LogP contribution < -0.4 is 10.1 Å². The van der Waals surface area contributed by atoms with Crippen molar-refractivity contribution in [2.45, 2.75) is 32.9 Å². The number of nitrogens with zero attached hydrogens (tertiary/aromatic N) is 1. The van der Waals surface area contributed by atoms with E-state index < -0.39 is 0 Å². The number of nitrogens with one attached hydrogen (secondary N) is 1. The molecule has 0 aliphatic heterocycles. The van der Waals surface area contributed by atoms with E-state index in [1.165, 1.54) is 0 Å². The molecule has 0 atom stereocenters. The number of hydrogen-bond donors (Lipinski definition) is 1. The lowest BCUT2D eigenvalue weighted by atomic mass is 10.1. The van der Waals surface area contributed by atoms with Crippen molar-refractivity contribution >= 4 is 17.2 Å². The number of aromatic nitrogens is 1. The summed E-state index contributed by atoms with van der Waals surface area (Å²) in [7, 11) is 0. The van der Waals surface area contributed by atoms with Gasteiger partial charge in [-0.2, -0.15) is 0 Å². The maximum absolute atomic E-state index is 12.0. The third kappa shape index (κ3) is 4.35. The Bertz CT molecular complexity index is 557. The summed E-state index contributed by atoms with van der Waals surface area (Å²) in [4.78, 5) is 16.1. The van der Waals surface area contributed by atoms with E-state index in [-0.39, 0.29) is 11.4 Å². The molecular weight excluding hydrogens is 272 g/mol. The van der Waals surface area contributed by atoms with Crippen molar-refractivity contribution in [3.63, 3.8) is 0 Å². The highest BCUT2D eigenvalue weighted by atomic mass is 32.1. The van der Waals surface area contributed by atoms with E-state index in [1.54, 1.807) is 41.1 Å². The van der Waals surface area contributed by atoms with E-state index in [0.717, 1.165) is 11.4 Å². The number of carbonyl (C=O) groups is 1. The Balaban J connectivity index is 1.94. The molecule has 106 valence electrons. The van der Waals surface area contributed by atoms with Crippen molar-refractivity contribution in [2.75, 3.05) is 0 Å². The molecular formula is C15H18N2O2S. The molecule has 1 aromatic heterocycles. The fourth-order valence-corrected chi connectivity index (χ4v) is 2.12. The van der Waals surface area contributed by atoms with Crippen LogP contribution in [-0.2, 0) is 6.61 Å². The predicted octanol–water partition coefficient (Wildman–Crippen LogP) is 3.25. The van der Waals surface area contributed by atoms with Crippen LogP contribution in [0.3, 0.4) is 0 Å². The van der Waals surface area contributed by atoms with Gasteiger partial charge in [0.2, 0.25) is 0 Å². The van der Waals surface area contributed by atoms with Gasteiger partial charge in [0.15, 0.2) is 0 Å². The van der Waals surface area contributed by atoms with Crippen LogP contribution in [0.25, 0.3) is 0 Å². The van der Waals surface area contributed by atoms with Crippen LogP contribution in [0.5, 0.6) is 5.75 Å². The summed E-state index contributed by atoms with van der Waals surface area (Å²) in [6, 6.07) is 7.11.